The summed E-state index contributed by atoms with van der Waals surface area (Å²) in [6.07, 6.45) is 2.00. The van der Waals surface area contributed by atoms with Gasteiger partial charge in [-0.25, -0.2) is 0 Å². The highest BCUT2D eigenvalue weighted by Gasteiger charge is 2.39. The van der Waals surface area contributed by atoms with Gasteiger partial charge in [-0.1, -0.05) is 18.2 Å². The second-order valence-electron chi connectivity index (χ2n) is 5.80. The molecule has 1 aromatic rings. The lowest BCUT2D eigenvalue weighted by Gasteiger charge is -2.37. The topological polar surface area (TPSA) is 21.7 Å². The van der Waals surface area contributed by atoms with E-state index in [1.807, 2.05) is 0 Å². The fraction of sp³-hybridized carbons (Fsp3) is 0.625. The average molecular weight is 261 g/mol. The van der Waals surface area contributed by atoms with Crippen LogP contribution in [0, 0.1) is 13.8 Å². The van der Waals surface area contributed by atoms with Gasteiger partial charge in [-0.15, -0.1) is 0 Å². The fourth-order valence-corrected chi connectivity index (χ4v) is 3.00. The van der Waals surface area contributed by atoms with Gasteiger partial charge >= 0.3 is 0 Å². The van der Waals surface area contributed by atoms with Gasteiger partial charge in [0.05, 0.1) is 13.2 Å². The summed E-state index contributed by atoms with van der Waals surface area (Å²) in [5, 5.41) is 0. The minimum absolute atomic E-state index is 0.250. The first-order chi connectivity index (χ1) is 9.17. The van der Waals surface area contributed by atoms with Crippen LogP contribution in [0.2, 0.25) is 0 Å². The van der Waals surface area contributed by atoms with E-state index in [2.05, 4.69) is 36.9 Å². The Morgan fingerprint density at radius 3 is 2.37 bits per heavy atom. The van der Waals surface area contributed by atoms with E-state index in [0.29, 0.717) is 0 Å². The standard InChI is InChI=1S/C16H23NO2/c1-13-3-4-15(11-14(13)2)12-17-7-5-16(6-8-17)18-9-10-19-16/h3-4,11H,5-10,12H2,1-2H3. The van der Waals surface area contributed by atoms with Crippen LogP contribution in [-0.4, -0.2) is 37.0 Å². The molecule has 3 nitrogen and oxygen atoms in total. The zero-order chi connectivity index (χ0) is 13.3. The quantitative estimate of drug-likeness (QED) is 0.817. The van der Waals surface area contributed by atoms with E-state index in [0.717, 1.165) is 45.7 Å². The maximum absolute atomic E-state index is 5.77. The third-order valence-electron chi connectivity index (χ3n) is 4.41. The van der Waals surface area contributed by atoms with Crippen molar-refractivity contribution in [3.05, 3.63) is 34.9 Å². The summed E-state index contributed by atoms with van der Waals surface area (Å²) in [5.74, 6) is -0.250. The molecule has 2 fully saturated rings. The van der Waals surface area contributed by atoms with Crippen molar-refractivity contribution < 1.29 is 9.47 Å². The molecule has 0 aromatic heterocycles. The van der Waals surface area contributed by atoms with Crippen LogP contribution in [0.25, 0.3) is 0 Å². The fourth-order valence-electron chi connectivity index (χ4n) is 3.00. The number of benzene rings is 1. The normalized spacial score (nSPS) is 23.1. The smallest absolute Gasteiger partial charge is 0.170 e. The maximum atomic E-state index is 5.77. The Balaban J connectivity index is 1.58. The van der Waals surface area contributed by atoms with Crippen molar-refractivity contribution in [1.29, 1.82) is 0 Å². The summed E-state index contributed by atoms with van der Waals surface area (Å²) >= 11 is 0. The highest BCUT2D eigenvalue weighted by molar-refractivity contribution is 5.29. The van der Waals surface area contributed by atoms with Gasteiger partial charge in [0, 0.05) is 32.5 Å². The van der Waals surface area contributed by atoms with Crippen LogP contribution in [0.3, 0.4) is 0 Å². The molecule has 0 aliphatic carbocycles. The molecule has 3 heteroatoms. The molecule has 0 saturated carbocycles. The average Bonchev–Trinajstić information content (AvgIpc) is 2.86. The van der Waals surface area contributed by atoms with Gasteiger partial charge in [0.2, 0.25) is 0 Å². The predicted molar refractivity (Wildman–Crippen MR) is 75.1 cm³/mol. The molecule has 2 saturated heterocycles. The Morgan fingerprint density at radius 1 is 1.05 bits per heavy atom. The Morgan fingerprint density at radius 2 is 1.74 bits per heavy atom. The van der Waals surface area contributed by atoms with Crippen LogP contribution in [0.1, 0.15) is 29.5 Å². The zero-order valence-electron chi connectivity index (χ0n) is 11.9. The van der Waals surface area contributed by atoms with Gasteiger partial charge in [-0.3, -0.25) is 4.90 Å². The number of hydrogen-bond donors (Lipinski definition) is 0. The van der Waals surface area contributed by atoms with Crippen LogP contribution >= 0.6 is 0 Å². The lowest BCUT2D eigenvalue weighted by atomic mass is 10.0. The molecule has 0 unspecified atom stereocenters. The molecule has 0 amide bonds. The molecule has 2 aliphatic heterocycles. The molecule has 0 atom stereocenters. The van der Waals surface area contributed by atoms with Gasteiger partial charge in [0.1, 0.15) is 0 Å². The first-order valence-electron chi connectivity index (χ1n) is 7.23. The summed E-state index contributed by atoms with van der Waals surface area (Å²) in [6.45, 7) is 9.04. The Hall–Kier alpha value is -0.900. The molecule has 0 bridgehead atoms. The molecular formula is C16H23NO2. The lowest BCUT2D eigenvalue weighted by Crippen LogP contribution is -2.44. The van der Waals surface area contributed by atoms with Gasteiger partial charge in [-0.2, -0.15) is 0 Å². The summed E-state index contributed by atoms with van der Waals surface area (Å²) in [5.41, 5.74) is 4.16. The van der Waals surface area contributed by atoms with Crippen molar-refractivity contribution in [3.8, 4) is 0 Å². The van der Waals surface area contributed by atoms with Crippen LogP contribution in [0.5, 0.6) is 0 Å². The van der Waals surface area contributed by atoms with E-state index >= 15 is 0 Å². The predicted octanol–water partition coefficient (Wildman–Crippen LogP) is 2.64. The van der Waals surface area contributed by atoms with Crippen LogP contribution in [-0.2, 0) is 16.0 Å². The van der Waals surface area contributed by atoms with E-state index in [1.54, 1.807) is 0 Å². The second kappa shape index (κ2) is 5.23. The van der Waals surface area contributed by atoms with Crippen molar-refractivity contribution in [2.75, 3.05) is 26.3 Å². The molecule has 3 rings (SSSR count). The number of likely N-dealkylation sites (tertiary alicyclic amines) is 1. The number of piperidine rings is 1. The first-order valence-corrected chi connectivity index (χ1v) is 7.23. The number of aryl methyl sites for hydroxylation is 2. The Labute approximate surface area is 115 Å². The minimum Gasteiger partial charge on any atom is -0.347 e. The molecule has 19 heavy (non-hydrogen) atoms. The van der Waals surface area contributed by atoms with E-state index in [4.69, 9.17) is 9.47 Å². The molecular weight excluding hydrogens is 238 g/mol. The van der Waals surface area contributed by atoms with Gasteiger partial charge < -0.3 is 9.47 Å². The van der Waals surface area contributed by atoms with Gasteiger partial charge in [0.25, 0.3) is 0 Å². The monoisotopic (exact) mass is 261 g/mol. The molecule has 2 heterocycles. The Bertz CT molecular complexity index is 442. The van der Waals surface area contributed by atoms with E-state index in [1.165, 1.54) is 16.7 Å². The third-order valence-corrected chi connectivity index (χ3v) is 4.41. The molecule has 1 aromatic carbocycles. The number of nitrogens with zero attached hydrogens (tertiary/aromatic N) is 1. The van der Waals surface area contributed by atoms with Crippen LogP contribution < -0.4 is 0 Å². The van der Waals surface area contributed by atoms with Crippen molar-refractivity contribution in [2.24, 2.45) is 0 Å². The summed E-state index contributed by atoms with van der Waals surface area (Å²) in [6, 6.07) is 6.77. The molecule has 1 spiro atoms. The lowest BCUT2D eigenvalue weighted by molar-refractivity contribution is -0.185. The molecule has 0 radical (unpaired) electrons. The molecule has 0 N–H and O–H groups in total. The highest BCUT2D eigenvalue weighted by Crippen LogP contribution is 2.31. The number of ether oxygens (including phenoxy) is 2. The third kappa shape index (κ3) is 2.83. The highest BCUT2D eigenvalue weighted by atomic mass is 16.7. The van der Waals surface area contributed by atoms with E-state index in [9.17, 15) is 0 Å². The molecule has 104 valence electrons. The first kappa shape index (κ1) is 13.1. The van der Waals surface area contributed by atoms with E-state index < -0.39 is 0 Å². The SMILES string of the molecule is Cc1ccc(CN2CCC3(CC2)OCCO3)cc1C. The minimum atomic E-state index is -0.250. The van der Waals surface area contributed by atoms with Gasteiger partial charge in [0.15, 0.2) is 5.79 Å². The Kier molecular flexibility index (Phi) is 3.61. The van der Waals surface area contributed by atoms with Crippen molar-refractivity contribution in [3.63, 3.8) is 0 Å². The van der Waals surface area contributed by atoms with Crippen LogP contribution in [0.4, 0.5) is 0 Å². The number of hydrogen-bond acceptors (Lipinski definition) is 3. The summed E-state index contributed by atoms with van der Waals surface area (Å²) in [7, 11) is 0. The maximum Gasteiger partial charge on any atom is 0.170 e. The van der Waals surface area contributed by atoms with Crippen molar-refractivity contribution in [1.82, 2.24) is 4.90 Å². The van der Waals surface area contributed by atoms with Crippen molar-refractivity contribution >= 4 is 0 Å². The van der Waals surface area contributed by atoms with E-state index in [-0.39, 0.29) is 5.79 Å². The zero-order valence-corrected chi connectivity index (χ0v) is 11.9. The van der Waals surface area contributed by atoms with Crippen LogP contribution in [0.15, 0.2) is 18.2 Å². The summed E-state index contributed by atoms with van der Waals surface area (Å²) in [4.78, 5) is 2.50. The van der Waals surface area contributed by atoms with Gasteiger partial charge in [-0.05, 0) is 30.5 Å². The van der Waals surface area contributed by atoms with Crippen molar-refractivity contribution in [2.45, 2.75) is 39.0 Å². The molecule has 2 aliphatic rings. The number of rotatable bonds is 2. The largest absolute Gasteiger partial charge is 0.347 e. The second-order valence-corrected chi connectivity index (χ2v) is 5.80. The summed E-state index contributed by atoms with van der Waals surface area (Å²) < 4.78 is 11.5.